The topological polar surface area (TPSA) is 64.9 Å². The third kappa shape index (κ3) is 7.19. The van der Waals surface area contributed by atoms with Gasteiger partial charge in [-0.1, -0.05) is 24.3 Å². The van der Waals surface area contributed by atoms with Gasteiger partial charge in [-0.15, -0.1) is 0 Å². The van der Waals surface area contributed by atoms with Gasteiger partial charge in [0.25, 0.3) is 0 Å². The molecule has 1 saturated heterocycles. The minimum Gasteiger partial charge on any atom is -0.497 e. The highest BCUT2D eigenvalue weighted by atomic mass is 16.5. The Kier molecular flexibility index (Phi) is 8.99. The second-order valence-corrected chi connectivity index (χ2v) is 9.34. The van der Waals surface area contributed by atoms with E-state index in [0.29, 0.717) is 13.2 Å². The van der Waals surface area contributed by atoms with Crippen molar-refractivity contribution < 1.29 is 14.2 Å². The van der Waals surface area contributed by atoms with Gasteiger partial charge in [0.15, 0.2) is 0 Å². The van der Waals surface area contributed by atoms with Crippen LogP contribution in [0, 0.1) is 0 Å². The lowest BCUT2D eigenvalue weighted by Crippen LogP contribution is -2.38. The highest BCUT2D eigenvalue weighted by Gasteiger charge is 2.13. The van der Waals surface area contributed by atoms with Crippen molar-refractivity contribution in [2.45, 2.75) is 19.7 Å². The summed E-state index contributed by atoms with van der Waals surface area (Å²) < 4.78 is 18.7. The molecule has 5 rings (SSSR count). The van der Waals surface area contributed by atoms with E-state index in [4.69, 9.17) is 14.2 Å². The van der Waals surface area contributed by atoms with Crippen LogP contribution in [0.5, 0.6) is 5.75 Å². The van der Waals surface area contributed by atoms with Gasteiger partial charge in [0, 0.05) is 57.0 Å². The number of ether oxygens (including phenoxy) is 3. The normalized spacial score (nSPS) is 13.9. The lowest BCUT2D eigenvalue weighted by atomic mass is 10.1. The molecule has 0 saturated carbocycles. The molecule has 0 bridgehead atoms. The summed E-state index contributed by atoms with van der Waals surface area (Å²) in [6, 6.07) is 22.9. The molecule has 0 spiro atoms. The van der Waals surface area contributed by atoms with E-state index in [2.05, 4.69) is 68.4 Å². The molecule has 8 heteroatoms. The average Bonchev–Trinajstić information content (AvgIpc) is 3.52. The molecule has 8 nitrogen and oxygen atoms in total. The second kappa shape index (κ2) is 13.2. The molecule has 1 aliphatic rings. The Bertz CT molecular complexity index is 1260. The van der Waals surface area contributed by atoms with Crippen LogP contribution in [0.4, 0.5) is 5.69 Å². The van der Waals surface area contributed by atoms with Gasteiger partial charge >= 0.3 is 0 Å². The number of hydrogen-bond acceptors (Lipinski definition) is 7. The summed E-state index contributed by atoms with van der Waals surface area (Å²) >= 11 is 0. The number of pyridine rings is 1. The number of benzene rings is 2. The quantitative estimate of drug-likeness (QED) is 0.261. The summed E-state index contributed by atoms with van der Waals surface area (Å²) in [5.74, 6) is 0.857. The van der Waals surface area contributed by atoms with Crippen LogP contribution in [0.2, 0.25) is 0 Å². The molecule has 3 heterocycles. The summed E-state index contributed by atoms with van der Waals surface area (Å²) in [7, 11) is 1.70. The third-order valence-corrected chi connectivity index (χ3v) is 6.66. The number of anilines is 1. The standard InChI is InChI=1S/C30H35N5O3/c1-36-30-5-2-4-26(20-30)23-34(22-25-6-8-28(9-7-25)35-13-3-11-32-35)29-10-12-31-27(21-29)24-38-19-16-33-14-17-37-18-15-33/h2-13,20-21H,14-19,22-24H2,1H3. The molecule has 0 aliphatic carbocycles. The summed E-state index contributed by atoms with van der Waals surface area (Å²) in [6.07, 6.45) is 5.61. The Morgan fingerprint density at radius 1 is 0.921 bits per heavy atom. The van der Waals surface area contributed by atoms with Gasteiger partial charge in [-0.3, -0.25) is 9.88 Å². The van der Waals surface area contributed by atoms with Crippen molar-refractivity contribution in [1.82, 2.24) is 19.7 Å². The first-order valence-electron chi connectivity index (χ1n) is 13.1. The Morgan fingerprint density at radius 3 is 2.55 bits per heavy atom. The van der Waals surface area contributed by atoms with Gasteiger partial charge in [0.2, 0.25) is 0 Å². The van der Waals surface area contributed by atoms with Crippen LogP contribution < -0.4 is 9.64 Å². The van der Waals surface area contributed by atoms with Gasteiger partial charge in [0.1, 0.15) is 5.75 Å². The monoisotopic (exact) mass is 513 g/mol. The van der Waals surface area contributed by atoms with Crippen LogP contribution in [0.25, 0.3) is 5.69 Å². The van der Waals surface area contributed by atoms with Crippen molar-refractivity contribution in [2.24, 2.45) is 0 Å². The SMILES string of the molecule is COc1cccc(CN(Cc2ccc(-n3cccn3)cc2)c2ccnc(COCCN3CCOCC3)c2)c1. The van der Waals surface area contributed by atoms with E-state index in [1.807, 2.05) is 35.3 Å². The fraction of sp³-hybridized carbons (Fsp3) is 0.333. The summed E-state index contributed by atoms with van der Waals surface area (Å²) in [6.45, 7) is 7.12. The van der Waals surface area contributed by atoms with Gasteiger partial charge in [-0.2, -0.15) is 5.10 Å². The van der Waals surface area contributed by atoms with Gasteiger partial charge in [-0.25, -0.2) is 4.68 Å². The number of aromatic nitrogens is 3. The largest absolute Gasteiger partial charge is 0.497 e. The minimum atomic E-state index is 0.490. The highest BCUT2D eigenvalue weighted by Crippen LogP contribution is 2.23. The predicted molar refractivity (Wildman–Crippen MR) is 148 cm³/mol. The lowest BCUT2D eigenvalue weighted by molar-refractivity contribution is 0.0177. The molecule has 2 aromatic carbocycles. The van der Waals surface area contributed by atoms with Gasteiger partial charge in [-0.05, 0) is 53.6 Å². The summed E-state index contributed by atoms with van der Waals surface area (Å²) in [5, 5.41) is 4.33. The summed E-state index contributed by atoms with van der Waals surface area (Å²) in [4.78, 5) is 9.31. The molecular weight excluding hydrogens is 478 g/mol. The number of hydrogen-bond donors (Lipinski definition) is 0. The van der Waals surface area contributed by atoms with Crippen LogP contribution in [-0.2, 0) is 29.2 Å². The maximum atomic E-state index is 5.98. The molecule has 0 N–H and O–H groups in total. The highest BCUT2D eigenvalue weighted by molar-refractivity contribution is 5.49. The molecule has 0 atom stereocenters. The Hall–Kier alpha value is -3.72. The fourth-order valence-corrected chi connectivity index (χ4v) is 4.56. The van der Waals surface area contributed by atoms with Gasteiger partial charge < -0.3 is 19.1 Å². The van der Waals surface area contributed by atoms with E-state index >= 15 is 0 Å². The number of morpholine rings is 1. The van der Waals surface area contributed by atoms with Crippen molar-refractivity contribution >= 4 is 5.69 Å². The second-order valence-electron chi connectivity index (χ2n) is 9.34. The van der Waals surface area contributed by atoms with Crippen molar-refractivity contribution in [1.29, 1.82) is 0 Å². The fourth-order valence-electron chi connectivity index (χ4n) is 4.56. The molecule has 0 unspecified atom stereocenters. The van der Waals surface area contributed by atoms with Crippen LogP contribution in [0.3, 0.4) is 0 Å². The predicted octanol–water partition coefficient (Wildman–Crippen LogP) is 4.33. The first-order valence-corrected chi connectivity index (χ1v) is 13.1. The first-order chi connectivity index (χ1) is 18.8. The minimum absolute atomic E-state index is 0.490. The van der Waals surface area contributed by atoms with E-state index in [0.717, 1.165) is 68.8 Å². The number of methoxy groups -OCH3 is 1. The average molecular weight is 514 g/mol. The Balaban J connectivity index is 1.28. The van der Waals surface area contributed by atoms with Crippen molar-refractivity contribution in [3.05, 3.63) is 102 Å². The van der Waals surface area contributed by atoms with Crippen molar-refractivity contribution in [2.75, 3.05) is 51.5 Å². The zero-order chi connectivity index (χ0) is 26.0. The molecule has 1 fully saturated rings. The third-order valence-electron chi connectivity index (χ3n) is 6.66. The van der Waals surface area contributed by atoms with E-state index in [1.54, 1.807) is 13.3 Å². The molecule has 0 amide bonds. The van der Waals surface area contributed by atoms with Crippen LogP contribution in [0.15, 0.2) is 85.3 Å². The van der Waals surface area contributed by atoms with Crippen LogP contribution in [0.1, 0.15) is 16.8 Å². The molecular formula is C30H35N5O3. The molecule has 38 heavy (non-hydrogen) atoms. The van der Waals surface area contributed by atoms with E-state index in [-0.39, 0.29) is 0 Å². The molecule has 198 valence electrons. The van der Waals surface area contributed by atoms with Gasteiger partial charge in [0.05, 0.1) is 44.9 Å². The Labute approximate surface area is 224 Å². The van der Waals surface area contributed by atoms with Crippen LogP contribution in [-0.4, -0.2) is 66.2 Å². The Morgan fingerprint density at radius 2 is 1.76 bits per heavy atom. The number of nitrogens with zero attached hydrogens (tertiary/aromatic N) is 5. The molecule has 4 aromatic rings. The first kappa shape index (κ1) is 25.9. The smallest absolute Gasteiger partial charge is 0.119 e. The lowest BCUT2D eigenvalue weighted by Gasteiger charge is -2.26. The molecule has 1 aliphatic heterocycles. The van der Waals surface area contributed by atoms with E-state index < -0.39 is 0 Å². The van der Waals surface area contributed by atoms with E-state index in [1.165, 1.54) is 11.1 Å². The molecule has 2 aromatic heterocycles. The maximum Gasteiger partial charge on any atom is 0.119 e. The van der Waals surface area contributed by atoms with E-state index in [9.17, 15) is 0 Å². The van der Waals surface area contributed by atoms with Crippen LogP contribution >= 0.6 is 0 Å². The van der Waals surface area contributed by atoms with Crippen molar-refractivity contribution in [3.63, 3.8) is 0 Å². The number of rotatable bonds is 12. The van der Waals surface area contributed by atoms with Crippen molar-refractivity contribution in [3.8, 4) is 11.4 Å². The zero-order valence-corrected chi connectivity index (χ0v) is 21.9. The zero-order valence-electron chi connectivity index (χ0n) is 21.9. The summed E-state index contributed by atoms with van der Waals surface area (Å²) in [5.41, 5.74) is 5.46. The molecule has 0 radical (unpaired) electrons. The maximum absolute atomic E-state index is 5.98.